The Morgan fingerprint density at radius 2 is 1.62 bits per heavy atom. The molecule has 0 unspecified atom stereocenters. The fraction of sp³-hybridized carbons (Fsp3) is 0.333. The van der Waals surface area contributed by atoms with E-state index in [1.54, 1.807) is 50.2 Å². The lowest BCUT2D eigenvalue weighted by atomic mass is 10.2. The van der Waals surface area contributed by atoms with E-state index in [2.05, 4.69) is 10.2 Å². The number of nitrogens with zero attached hydrogens (tertiary/aromatic N) is 4. The van der Waals surface area contributed by atoms with Crippen LogP contribution in [-0.2, 0) is 24.3 Å². The summed E-state index contributed by atoms with van der Waals surface area (Å²) in [5, 5.41) is 8.11. The second kappa shape index (κ2) is 12.7. The molecule has 0 saturated heterocycles. The molecule has 3 rings (SSSR count). The van der Waals surface area contributed by atoms with Crippen LogP contribution in [0.2, 0.25) is 0 Å². The van der Waals surface area contributed by atoms with Crippen LogP contribution < -0.4 is 9.64 Å². The fourth-order valence-electron chi connectivity index (χ4n) is 3.35. The van der Waals surface area contributed by atoms with Crippen molar-refractivity contribution in [2.75, 3.05) is 44.5 Å². The smallest absolute Gasteiger partial charge is 0.325 e. The van der Waals surface area contributed by atoms with Gasteiger partial charge in [0.2, 0.25) is 21.8 Å². The first-order valence-electron chi connectivity index (χ1n) is 11.3. The fourth-order valence-corrected chi connectivity index (χ4v) is 5.44. The molecule has 1 amide bonds. The number of rotatable bonds is 12. The largest absolute Gasteiger partial charge is 0.497 e. The molecule has 11 nitrogen and oxygen atoms in total. The summed E-state index contributed by atoms with van der Waals surface area (Å²) < 4.78 is 42.2. The van der Waals surface area contributed by atoms with Crippen LogP contribution in [-0.4, -0.2) is 74.4 Å². The first-order chi connectivity index (χ1) is 17.7. The van der Waals surface area contributed by atoms with E-state index in [1.807, 2.05) is 0 Å². The zero-order valence-electron chi connectivity index (χ0n) is 20.9. The van der Waals surface area contributed by atoms with Crippen molar-refractivity contribution in [3.05, 3.63) is 48.5 Å². The quantitative estimate of drug-likeness (QED) is 0.246. The molecule has 0 fully saturated rings. The van der Waals surface area contributed by atoms with E-state index < -0.39 is 16.0 Å². The van der Waals surface area contributed by atoms with Crippen LogP contribution in [0.25, 0.3) is 11.5 Å². The molecule has 0 spiro atoms. The van der Waals surface area contributed by atoms with E-state index in [0.717, 1.165) is 11.8 Å². The summed E-state index contributed by atoms with van der Waals surface area (Å²) >= 11 is 1.02. The Balaban J connectivity index is 1.70. The van der Waals surface area contributed by atoms with Crippen LogP contribution >= 0.6 is 11.8 Å². The van der Waals surface area contributed by atoms with Crippen LogP contribution in [0.4, 0.5) is 5.69 Å². The molecule has 198 valence electrons. The number of methoxy groups -OCH3 is 2. The highest BCUT2D eigenvalue weighted by Gasteiger charge is 2.23. The lowest BCUT2D eigenvalue weighted by Gasteiger charge is -2.21. The van der Waals surface area contributed by atoms with Crippen molar-refractivity contribution in [2.24, 2.45) is 0 Å². The molecule has 0 atom stereocenters. The molecule has 1 heterocycles. The highest BCUT2D eigenvalue weighted by molar-refractivity contribution is 7.99. The van der Waals surface area contributed by atoms with Crippen LogP contribution in [0.15, 0.2) is 63.1 Å². The molecule has 3 aromatic rings. The maximum absolute atomic E-state index is 13.0. The normalized spacial score (nSPS) is 11.4. The van der Waals surface area contributed by atoms with Gasteiger partial charge >= 0.3 is 5.97 Å². The van der Waals surface area contributed by atoms with Crippen molar-refractivity contribution in [2.45, 2.75) is 24.0 Å². The summed E-state index contributed by atoms with van der Waals surface area (Å²) in [6.07, 6.45) is 0. The Bertz CT molecular complexity index is 1310. The van der Waals surface area contributed by atoms with Gasteiger partial charge in [0.15, 0.2) is 0 Å². The number of esters is 1. The second-order valence-corrected chi connectivity index (χ2v) is 10.4. The third-order valence-corrected chi connectivity index (χ3v) is 8.24. The number of carbonyl (C=O) groups is 2. The maximum atomic E-state index is 13.0. The highest BCUT2D eigenvalue weighted by Crippen LogP contribution is 2.26. The van der Waals surface area contributed by atoms with Gasteiger partial charge in [0.1, 0.15) is 12.3 Å². The SMILES string of the molecule is CCN(CC)S(=O)(=O)c1ccc(-c2nnc(SCC(=O)N(CC(=O)OC)c3ccc(OC)cc3)o2)cc1. The van der Waals surface area contributed by atoms with E-state index in [-0.39, 0.29) is 34.2 Å². The van der Waals surface area contributed by atoms with Gasteiger partial charge in [-0.05, 0) is 48.5 Å². The predicted octanol–water partition coefficient (Wildman–Crippen LogP) is 3.07. The van der Waals surface area contributed by atoms with Gasteiger partial charge < -0.3 is 18.8 Å². The number of benzene rings is 2. The maximum Gasteiger partial charge on any atom is 0.325 e. The van der Waals surface area contributed by atoms with Gasteiger partial charge in [0.05, 0.1) is 24.9 Å². The molecular weight excluding hydrogens is 520 g/mol. The lowest BCUT2D eigenvalue weighted by Crippen LogP contribution is -2.37. The third-order valence-electron chi connectivity index (χ3n) is 5.37. The van der Waals surface area contributed by atoms with Crippen molar-refractivity contribution in [3.63, 3.8) is 0 Å². The standard InChI is InChI=1S/C24H28N4O7S2/c1-5-27(6-2)37(31,32)20-13-7-17(8-14-20)23-25-26-24(35-23)36-16-21(29)28(15-22(30)34-4)18-9-11-19(33-3)12-10-18/h7-14H,5-6,15-16H2,1-4H3. The first kappa shape index (κ1) is 28.2. The van der Waals surface area contributed by atoms with Gasteiger partial charge in [-0.25, -0.2) is 8.42 Å². The average Bonchev–Trinajstić information content (AvgIpc) is 3.40. The van der Waals surface area contributed by atoms with Crippen molar-refractivity contribution >= 4 is 39.3 Å². The molecule has 0 aliphatic rings. The van der Waals surface area contributed by atoms with Crippen LogP contribution in [0.5, 0.6) is 5.75 Å². The molecule has 0 radical (unpaired) electrons. The third kappa shape index (κ3) is 6.87. The molecule has 0 aliphatic heterocycles. The van der Waals surface area contributed by atoms with E-state index in [4.69, 9.17) is 13.9 Å². The Morgan fingerprint density at radius 3 is 2.19 bits per heavy atom. The monoisotopic (exact) mass is 548 g/mol. The van der Waals surface area contributed by atoms with Crippen molar-refractivity contribution in [1.29, 1.82) is 0 Å². The predicted molar refractivity (Wildman–Crippen MR) is 138 cm³/mol. The number of amides is 1. The van der Waals surface area contributed by atoms with Gasteiger partial charge in [-0.15, -0.1) is 10.2 Å². The Kier molecular flexibility index (Phi) is 9.66. The molecule has 0 bridgehead atoms. The van der Waals surface area contributed by atoms with Crippen molar-refractivity contribution in [3.8, 4) is 17.2 Å². The van der Waals surface area contributed by atoms with Gasteiger partial charge in [-0.2, -0.15) is 4.31 Å². The van der Waals surface area contributed by atoms with Gasteiger partial charge in [-0.1, -0.05) is 25.6 Å². The Morgan fingerprint density at radius 1 is 0.973 bits per heavy atom. The van der Waals surface area contributed by atoms with E-state index >= 15 is 0 Å². The number of carbonyl (C=O) groups excluding carboxylic acids is 2. The van der Waals surface area contributed by atoms with Crippen LogP contribution in [0.3, 0.4) is 0 Å². The summed E-state index contributed by atoms with van der Waals surface area (Å²) in [4.78, 5) is 26.3. The van der Waals surface area contributed by atoms with Crippen LogP contribution in [0, 0.1) is 0 Å². The minimum Gasteiger partial charge on any atom is -0.497 e. The van der Waals surface area contributed by atoms with Gasteiger partial charge in [-0.3, -0.25) is 9.59 Å². The molecule has 37 heavy (non-hydrogen) atoms. The zero-order chi connectivity index (χ0) is 27.0. The lowest BCUT2D eigenvalue weighted by molar-refractivity contribution is -0.139. The van der Waals surface area contributed by atoms with E-state index in [9.17, 15) is 18.0 Å². The average molecular weight is 549 g/mol. The number of ether oxygens (including phenoxy) is 2. The summed E-state index contributed by atoms with van der Waals surface area (Å²) in [6, 6.07) is 12.9. The van der Waals surface area contributed by atoms with Crippen molar-refractivity contribution in [1.82, 2.24) is 14.5 Å². The molecule has 0 N–H and O–H groups in total. The number of hydrogen-bond acceptors (Lipinski definition) is 10. The number of anilines is 1. The summed E-state index contributed by atoms with van der Waals surface area (Å²) in [6.45, 7) is 4.05. The summed E-state index contributed by atoms with van der Waals surface area (Å²) in [7, 11) is -0.797. The molecular formula is C24H28N4O7S2. The van der Waals surface area contributed by atoms with Crippen molar-refractivity contribution < 1.29 is 31.9 Å². The first-order valence-corrected chi connectivity index (χ1v) is 13.7. The highest BCUT2D eigenvalue weighted by atomic mass is 32.2. The summed E-state index contributed by atoms with van der Waals surface area (Å²) in [5.41, 5.74) is 1.04. The molecule has 2 aromatic carbocycles. The van der Waals surface area contributed by atoms with Crippen LogP contribution in [0.1, 0.15) is 13.8 Å². The van der Waals surface area contributed by atoms with E-state index in [1.165, 1.54) is 35.6 Å². The molecule has 0 aliphatic carbocycles. The number of thioether (sulfide) groups is 1. The minimum atomic E-state index is -3.58. The minimum absolute atomic E-state index is 0.0777. The molecule has 1 aromatic heterocycles. The summed E-state index contributed by atoms with van der Waals surface area (Å²) in [5.74, 6) is -0.220. The van der Waals surface area contributed by atoms with Gasteiger partial charge in [0, 0.05) is 24.3 Å². The Hall–Kier alpha value is -3.42. The number of hydrogen-bond donors (Lipinski definition) is 0. The topological polar surface area (TPSA) is 132 Å². The Labute approximate surface area is 219 Å². The second-order valence-electron chi connectivity index (χ2n) is 7.53. The van der Waals surface area contributed by atoms with E-state index in [0.29, 0.717) is 30.1 Å². The number of aromatic nitrogens is 2. The molecule has 13 heteroatoms. The van der Waals surface area contributed by atoms with Gasteiger partial charge in [0.25, 0.3) is 5.22 Å². The zero-order valence-corrected chi connectivity index (χ0v) is 22.5. The number of sulfonamides is 1. The molecule has 0 saturated carbocycles.